The summed E-state index contributed by atoms with van der Waals surface area (Å²) >= 11 is 0. The van der Waals surface area contributed by atoms with Crippen molar-refractivity contribution in [3.63, 3.8) is 0 Å². The van der Waals surface area contributed by atoms with Crippen LogP contribution in [0.15, 0.2) is 24.3 Å². The predicted molar refractivity (Wildman–Crippen MR) is 68.0 cm³/mol. The number of hydrogen-bond donors (Lipinski definition) is 0. The van der Waals surface area contributed by atoms with Gasteiger partial charge >= 0.3 is 0 Å². The lowest BCUT2D eigenvalue weighted by Gasteiger charge is -2.38. The first kappa shape index (κ1) is 10.2. The Morgan fingerprint density at radius 1 is 1.06 bits per heavy atom. The van der Waals surface area contributed by atoms with E-state index >= 15 is 0 Å². The van der Waals surface area contributed by atoms with Gasteiger partial charge in [0.05, 0.1) is 0 Å². The molecule has 0 saturated carbocycles. The summed E-state index contributed by atoms with van der Waals surface area (Å²) in [4.78, 5) is 5.20. The lowest BCUT2D eigenvalue weighted by Crippen LogP contribution is -2.50. The normalized spacial score (nSPS) is 25.8. The molecular formula is C14H20N2. The Labute approximate surface area is 97.9 Å². The van der Waals surface area contributed by atoms with Gasteiger partial charge in [-0.3, -0.25) is 4.90 Å². The van der Waals surface area contributed by atoms with Crippen LogP contribution in [0.1, 0.15) is 18.4 Å². The summed E-state index contributed by atoms with van der Waals surface area (Å²) in [6, 6.07) is 9.78. The molecule has 86 valence electrons. The quantitative estimate of drug-likeness (QED) is 0.710. The standard InChI is InChI=1S/C14H20N2/c1-12-4-6-13(7-5-12)16-10-9-15-8-2-3-14(15)11-16/h4-7,14H,2-3,8-11H2,1H3/t14-/m1/s1. The van der Waals surface area contributed by atoms with Crippen molar-refractivity contribution in [3.05, 3.63) is 29.8 Å². The molecule has 2 heteroatoms. The third-order valence-electron chi connectivity index (χ3n) is 3.99. The Bertz CT molecular complexity index is 358. The van der Waals surface area contributed by atoms with E-state index in [9.17, 15) is 0 Å². The number of benzene rings is 1. The maximum atomic E-state index is 2.66. The Kier molecular flexibility index (Phi) is 2.60. The van der Waals surface area contributed by atoms with Crippen molar-refractivity contribution in [2.75, 3.05) is 31.1 Å². The summed E-state index contributed by atoms with van der Waals surface area (Å²) in [6.07, 6.45) is 2.79. The fourth-order valence-corrected chi connectivity index (χ4v) is 2.98. The van der Waals surface area contributed by atoms with Crippen LogP contribution in [-0.2, 0) is 0 Å². The highest BCUT2D eigenvalue weighted by Gasteiger charge is 2.30. The molecule has 2 aliphatic heterocycles. The van der Waals surface area contributed by atoms with Crippen molar-refractivity contribution in [1.82, 2.24) is 4.90 Å². The van der Waals surface area contributed by atoms with E-state index in [-0.39, 0.29) is 0 Å². The first-order valence-electron chi connectivity index (χ1n) is 6.38. The highest BCUT2D eigenvalue weighted by molar-refractivity contribution is 5.48. The summed E-state index contributed by atoms with van der Waals surface area (Å²) in [5.74, 6) is 0. The molecule has 2 heterocycles. The van der Waals surface area contributed by atoms with E-state index in [1.807, 2.05) is 0 Å². The lowest BCUT2D eigenvalue weighted by molar-refractivity contribution is 0.231. The number of rotatable bonds is 1. The minimum Gasteiger partial charge on any atom is -0.369 e. The van der Waals surface area contributed by atoms with Crippen molar-refractivity contribution < 1.29 is 0 Å². The molecular weight excluding hydrogens is 196 g/mol. The van der Waals surface area contributed by atoms with Gasteiger partial charge in [-0.1, -0.05) is 17.7 Å². The van der Waals surface area contributed by atoms with Crippen molar-refractivity contribution >= 4 is 5.69 Å². The summed E-state index contributed by atoms with van der Waals surface area (Å²) in [5, 5.41) is 0. The minimum absolute atomic E-state index is 0.815. The number of nitrogens with zero attached hydrogens (tertiary/aromatic N) is 2. The van der Waals surface area contributed by atoms with Gasteiger partial charge in [-0.25, -0.2) is 0 Å². The second-order valence-corrected chi connectivity index (χ2v) is 5.11. The molecule has 16 heavy (non-hydrogen) atoms. The minimum atomic E-state index is 0.815. The van der Waals surface area contributed by atoms with Crippen LogP contribution in [0.2, 0.25) is 0 Å². The maximum Gasteiger partial charge on any atom is 0.0367 e. The van der Waals surface area contributed by atoms with E-state index < -0.39 is 0 Å². The van der Waals surface area contributed by atoms with Gasteiger partial charge in [-0.15, -0.1) is 0 Å². The van der Waals surface area contributed by atoms with Gasteiger partial charge in [-0.2, -0.15) is 0 Å². The number of piperazine rings is 1. The van der Waals surface area contributed by atoms with E-state index in [1.54, 1.807) is 0 Å². The molecule has 0 amide bonds. The third-order valence-corrected chi connectivity index (χ3v) is 3.99. The number of aryl methyl sites for hydroxylation is 1. The molecule has 0 bridgehead atoms. The second kappa shape index (κ2) is 4.10. The van der Waals surface area contributed by atoms with Crippen molar-refractivity contribution in [3.8, 4) is 0 Å². The Balaban J connectivity index is 1.74. The highest BCUT2D eigenvalue weighted by Crippen LogP contribution is 2.25. The second-order valence-electron chi connectivity index (χ2n) is 5.11. The third kappa shape index (κ3) is 1.82. The van der Waals surface area contributed by atoms with E-state index in [0.29, 0.717) is 0 Å². The molecule has 2 saturated heterocycles. The Morgan fingerprint density at radius 3 is 2.69 bits per heavy atom. The molecule has 2 fully saturated rings. The molecule has 0 unspecified atom stereocenters. The largest absolute Gasteiger partial charge is 0.369 e. The van der Waals surface area contributed by atoms with Crippen molar-refractivity contribution in [1.29, 1.82) is 0 Å². The number of fused-ring (bicyclic) bond motifs is 1. The highest BCUT2D eigenvalue weighted by atomic mass is 15.3. The molecule has 2 nitrogen and oxygen atoms in total. The average molecular weight is 216 g/mol. The van der Waals surface area contributed by atoms with Gasteiger partial charge in [0.25, 0.3) is 0 Å². The average Bonchev–Trinajstić information content (AvgIpc) is 2.77. The zero-order valence-corrected chi connectivity index (χ0v) is 10.0. The topological polar surface area (TPSA) is 6.48 Å². The van der Waals surface area contributed by atoms with Crippen molar-refractivity contribution in [2.24, 2.45) is 0 Å². The Morgan fingerprint density at radius 2 is 1.88 bits per heavy atom. The fourth-order valence-electron chi connectivity index (χ4n) is 2.98. The lowest BCUT2D eigenvalue weighted by atomic mass is 10.1. The molecule has 1 atom stereocenters. The predicted octanol–water partition coefficient (Wildman–Crippen LogP) is 2.28. The summed E-state index contributed by atoms with van der Waals surface area (Å²) < 4.78 is 0. The van der Waals surface area contributed by atoms with E-state index in [0.717, 1.165) is 6.04 Å². The molecule has 0 radical (unpaired) electrons. The molecule has 1 aromatic rings. The molecule has 2 aliphatic rings. The van der Waals surface area contributed by atoms with Gasteiger partial charge < -0.3 is 4.90 Å². The summed E-state index contributed by atoms with van der Waals surface area (Å²) in [5.41, 5.74) is 2.75. The molecule has 0 N–H and O–H groups in total. The van der Waals surface area contributed by atoms with Crippen LogP contribution in [0.25, 0.3) is 0 Å². The molecule has 0 aliphatic carbocycles. The van der Waals surface area contributed by atoms with E-state index in [4.69, 9.17) is 0 Å². The van der Waals surface area contributed by atoms with Crippen LogP contribution in [0.5, 0.6) is 0 Å². The van der Waals surface area contributed by atoms with Crippen LogP contribution in [0, 0.1) is 6.92 Å². The maximum absolute atomic E-state index is 2.66. The van der Waals surface area contributed by atoms with Gasteiger partial charge in [0.1, 0.15) is 0 Å². The van der Waals surface area contributed by atoms with E-state index in [1.165, 1.54) is 50.3 Å². The Hall–Kier alpha value is -1.02. The fraction of sp³-hybridized carbons (Fsp3) is 0.571. The van der Waals surface area contributed by atoms with Crippen LogP contribution >= 0.6 is 0 Å². The van der Waals surface area contributed by atoms with E-state index in [2.05, 4.69) is 41.0 Å². The SMILES string of the molecule is Cc1ccc(N2CCN3CCC[C@@H]3C2)cc1. The van der Waals surface area contributed by atoms with Crippen LogP contribution in [0.3, 0.4) is 0 Å². The van der Waals surface area contributed by atoms with Gasteiger partial charge in [0.2, 0.25) is 0 Å². The van der Waals surface area contributed by atoms with Gasteiger partial charge in [0, 0.05) is 31.4 Å². The molecule has 1 aromatic carbocycles. The summed E-state index contributed by atoms with van der Waals surface area (Å²) in [7, 11) is 0. The van der Waals surface area contributed by atoms with Crippen LogP contribution in [-0.4, -0.2) is 37.1 Å². The zero-order chi connectivity index (χ0) is 11.0. The van der Waals surface area contributed by atoms with Crippen molar-refractivity contribution in [2.45, 2.75) is 25.8 Å². The smallest absolute Gasteiger partial charge is 0.0367 e. The number of anilines is 1. The van der Waals surface area contributed by atoms with Crippen LogP contribution < -0.4 is 4.90 Å². The molecule has 3 rings (SSSR count). The first-order valence-corrected chi connectivity index (χ1v) is 6.38. The van der Waals surface area contributed by atoms with Gasteiger partial charge in [0.15, 0.2) is 0 Å². The molecule has 0 spiro atoms. The summed E-state index contributed by atoms with van der Waals surface area (Å²) in [6.45, 7) is 7.15. The number of hydrogen-bond acceptors (Lipinski definition) is 2. The zero-order valence-electron chi connectivity index (χ0n) is 10.0. The first-order chi connectivity index (χ1) is 7.83. The monoisotopic (exact) mass is 216 g/mol. The molecule has 0 aromatic heterocycles. The van der Waals surface area contributed by atoms with Crippen LogP contribution in [0.4, 0.5) is 5.69 Å². The van der Waals surface area contributed by atoms with Gasteiger partial charge in [-0.05, 0) is 38.4 Å².